The fourth-order valence-corrected chi connectivity index (χ4v) is 1.21. The second kappa shape index (κ2) is 6.00. The van der Waals surface area contributed by atoms with Crippen LogP contribution in [0.25, 0.3) is 0 Å². The van der Waals surface area contributed by atoms with Crippen LogP contribution < -0.4 is 4.74 Å². The van der Waals surface area contributed by atoms with Crippen molar-refractivity contribution in [3.8, 4) is 11.5 Å². The van der Waals surface area contributed by atoms with Gasteiger partial charge in [-0.25, -0.2) is 0 Å². The van der Waals surface area contributed by atoms with Gasteiger partial charge in [-0.1, -0.05) is 6.07 Å². The van der Waals surface area contributed by atoms with Gasteiger partial charge in [-0.15, -0.1) is 0 Å². The summed E-state index contributed by atoms with van der Waals surface area (Å²) in [6.45, 7) is 0.475. The van der Waals surface area contributed by atoms with E-state index in [0.29, 0.717) is 25.2 Å². The highest BCUT2D eigenvalue weighted by atomic mass is 16.5. The highest BCUT2D eigenvalue weighted by molar-refractivity contribution is 5.75. The average molecular weight is 223 g/mol. The second-order valence-corrected chi connectivity index (χ2v) is 3.74. The summed E-state index contributed by atoms with van der Waals surface area (Å²) in [6, 6.07) is 6.62. The molecule has 1 amide bonds. The SMILES string of the molecule is CN(C)C(=O)CCCOc1cccc(O)c1. The molecule has 0 bridgehead atoms. The van der Waals surface area contributed by atoms with Crippen LogP contribution in [-0.4, -0.2) is 36.6 Å². The summed E-state index contributed by atoms with van der Waals surface area (Å²) < 4.78 is 5.39. The van der Waals surface area contributed by atoms with E-state index in [2.05, 4.69) is 0 Å². The molecule has 0 heterocycles. The zero-order valence-electron chi connectivity index (χ0n) is 9.64. The lowest BCUT2D eigenvalue weighted by Crippen LogP contribution is -2.21. The number of carbonyl (C=O) groups excluding carboxylic acids is 1. The third-order valence-corrected chi connectivity index (χ3v) is 2.12. The zero-order chi connectivity index (χ0) is 12.0. The zero-order valence-corrected chi connectivity index (χ0v) is 9.64. The standard InChI is InChI=1S/C12H17NO3/c1-13(2)12(15)7-4-8-16-11-6-3-5-10(14)9-11/h3,5-6,9,14H,4,7-8H2,1-2H3. The van der Waals surface area contributed by atoms with Crippen molar-refractivity contribution in [2.24, 2.45) is 0 Å². The van der Waals surface area contributed by atoms with Crippen LogP contribution in [0.15, 0.2) is 24.3 Å². The van der Waals surface area contributed by atoms with E-state index in [1.165, 1.54) is 0 Å². The third-order valence-electron chi connectivity index (χ3n) is 2.12. The van der Waals surface area contributed by atoms with Crippen molar-refractivity contribution in [2.45, 2.75) is 12.8 Å². The molecule has 0 aliphatic rings. The molecule has 0 saturated heterocycles. The summed E-state index contributed by atoms with van der Waals surface area (Å²) in [5.74, 6) is 0.902. The van der Waals surface area contributed by atoms with Gasteiger partial charge >= 0.3 is 0 Å². The van der Waals surface area contributed by atoms with E-state index in [9.17, 15) is 9.90 Å². The molecule has 0 radical (unpaired) electrons. The lowest BCUT2D eigenvalue weighted by Gasteiger charge is -2.10. The molecule has 0 aromatic heterocycles. The molecule has 0 spiro atoms. The molecule has 1 rings (SSSR count). The van der Waals surface area contributed by atoms with Crippen LogP contribution in [-0.2, 0) is 4.79 Å². The van der Waals surface area contributed by atoms with Crippen LogP contribution in [0.1, 0.15) is 12.8 Å². The number of rotatable bonds is 5. The van der Waals surface area contributed by atoms with Crippen LogP contribution >= 0.6 is 0 Å². The summed E-state index contributed by atoms with van der Waals surface area (Å²) in [6.07, 6.45) is 1.15. The number of carbonyl (C=O) groups is 1. The van der Waals surface area contributed by atoms with Crippen molar-refractivity contribution in [1.29, 1.82) is 0 Å². The predicted molar refractivity (Wildman–Crippen MR) is 61.5 cm³/mol. The molecule has 88 valence electrons. The van der Waals surface area contributed by atoms with E-state index >= 15 is 0 Å². The topological polar surface area (TPSA) is 49.8 Å². The lowest BCUT2D eigenvalue weighted by atomic mass is 10.3. The largest absolute Gasteiger partial charge is 0.508 e. The fraction of sp³-hybridized carbons (Fsp3) is 0.417. The maximum absolute atomic E-state index is 11.2. The third kappa shape index (κ3) is 4.21. The Morgan fingerprint density at radius 1 is 1.44 bits per heavy atom. The minimum Gasteiger partial charge on any atom is -0.508 e. The van der Waals surface area contributed by atoms with Gasteiger partial charge in [-0.2, -0.15) is 0 Å². The summed E-state index contributed by atoms with van der Waals surface area (Å²) in [5.41, 5.74) is 0. The van der Waals surface area contributed by atoms with Gasteiger partial charge in [0.25, 0.3) is 0 Å². The van der Waals surface area contributed by atoms with Gasteiger partial charge in [-0.05, 0) is 18.6 Å². The Hall–Kier alpha value is -1.71. The van der Waals surface area contributed by atoms with Crippen LogP contribution in [0.3, 0.4) is 0 Å². The Balaban J connectivity index is 2.23. The monoisotopic (exact) mass is 223 g/mol. The number of phenolic OH excluding ortho intramolecular Hbond substituents is 1. The van der Waals surface area contributed by atoms with Gasteiger partial charge < -0.3 is 14.7 Å². The molecule has 1 aromatic carbocycles. The first kappa shape index (κ1) is 12.4. The van der Waals surface area contributed by atoms with Crippen molar-refractivity contribution >= 4 is 5.91 Å². The fourth-order valence-electron chi connectivity index (χ4n) is 1.21. The summed E-state index contributed by atoms with van der Waals surface area (Å²) in [5, 5.41) is 9.19. The second-order valence-electron chi connectivity index (χ2n) is 3.74. The summed E-state index contributed by atoms with van der Waals surface area (Å²) in [4.78, 5) is 12.8. The van der Waals surface area contributed by atoms with Gasteiger partial charge in [0.2, 0.25) is 5.91 Å². The molecule has 0 fully saturated rings. The van der Waals surface area contributed by atoms with E-state index in [1.54, 1.807) is 43.3 Å². The van der Waals surface area contributed by atoms with Gasteiger partial charge in [-0.3, -0.25) is 4.79 Å². The van der Waals surface area contributed by atoms with Crippen molar-refractivity contribution in [3.63, 3.8) is 0 Å². The molecule has 1 aromatic rings. The number of hydrogen-bond acceptors (Lipinski definition) is 3. The minimum atomic E-state index is 0.0968. The molecule has 1 N–H and O–H groups in total. The van der Waals surface area contributed by atoms with E-state index < -0.39 is 0 Å². The van der Waals surface area contributed by atoms with Crippen LogP contribution in [0, 0.1) is 0 Å². The lowest BCUT2D eigenvalue weighted by molar-refractivity contribution is -0.128. The number of hydrogen-bond donors (Lipinski definition) is 1. The van der Waals surface area contributed by atoms with Crippen molar-refractivity contribution in [1.82, 2.24) is 4.90 Å². The Bertz CT molecular complexity index is 350. The number of benzene rings is 1. The summed E-state index contributed by atoms with van der Waals surface area (Å²) >= 11 is 0. The predicted octanol–water partition coefficient (Wildman–Crippen LogP) is 1.64. The highest BCUT2D eigenvalue weighted by Crippen LogP contribution is 2.17. The maximum atomic E-state index is 11.2. The Morgan fingerprint density at radius 3 is 2.81 bits per heavy atom. The van der Waals surface area contributed by atoms with Crippen molar-refractivity contribution < 1.29 is 14.6 Å². The normalized spacial score (nSPS) is 9.88. The Labute approximate surface area is 95.5 Å². The van der Waals surface area contributed by atoms with Gasteiger partial charge in [0.1, 0.15) is 11.5 Å². The van der Waals surface area contributed by atoms with E-state index in [4.69, 9.17) is 4.74 Å². The first-order chi connectivity index (χ1) is 7.59. The maximum Gasteiger partial charge on any atom is 0.222 e. The molecular weight excluding hydrogens is 206 g/mol. The quantitative estimate of drug-likeness (QED) is 0.772. The van der Waals surface area contributed by atoms with Crippen LogP contribution in [0.5, 0.6) is 11.5 Å². The first-order valence-corrected chi connectivity index (χ1v) is 5.21. The molecule has 0 aliphatic heterocycles. The number of ether oxygens (including phenoxy) is 1. The van der Waals surface area contributed by atoms with E-state index in [-0.39, 0.29) is 11.7 Å². The van der Waals surface area contributed by atoms with Gasteiger partial charge in [0, 0.05) is 26.6 Å². The van der Waals surface area contributed by atoms with Crippen molar-refractivity contribution in [2.75, 3.05) is 20.7 Å². The molecule has 0 saturated carbocycles. The molecule has 4 nitrogen and oxygen atoms in total. The number of amides is 1. The van der Waals surface area contributed by atoms with E-state index in [1.807, 2.05) is 0 Å². The van der Waals surface area contributed by atoms with Crippen LogP contribution in [0.4, 0.5) is 0 Å². The average Bonchev–Trinajstić information content (AvgIpc) is 2.24. The molecule has 0 aliphatic carbocycles. The van der Waals surface area contributed by atoms with Gasteiger partial charge in [0.05, 0.1) is 6.61 Å². The molecular formula is C12H17NO3. The Kier molecular flexibility index (Phi) is 4.64. The molecule has 0 unspecified atom stereocenters. The molecule has 4 heteroatoms. The highest BCUT2D eigenvalue weighted by Gasteiger charge is 2.03. The smallest absolute Gasteiger partial charge is 0.222 e. The van der Waals surface area contributed by atoms with E-state index in [0.717, 1.165) is 0 Å². The summed E-state index contributed by atoms with van der Waals surface area (Å²) in [7, 11) is 3.47. The van der Waals surface area contributed by atoms with Crippen molar-refractivity contribution in [3.05, 3.63) is 24.3 Å². The number of nitrogens with zero attached hydrogens (tertiary/aromatic N) is 1. The first-order valence-electron chi connectivity index (χ1n) is 5.21. The van der Waals surface area contributed by atoms with Gasteiger partial charge in [0.15, 0.2) is 0 Å². The number of phenols is 1. The minimum absolute atomic E-state index is 0.0968. The Morgan fingerprint density at radius 2 is 2.19 bits per heavy atom. The van der Waals surface area contributed by atoms with Crippen LogP contribution in [0.2, 0.25) is 0 Å². The molecule has 16 heavy (non-hydrogen) atoms. The molecule has 0 atom stereocenters. The number of aromatic hydroxyl groups is 1.